The van der Waals surface area contributed by atoms with Gasteiger partial charge in [-0.15, -0.1) is 0 Å². The number of nitrogens with one attached hydrogen (secondary N) is 1. The maximum atomic E-state index is 14.9. The molecule has 6 nitrogen and oxygen atoms in total. The first-order valence-electron chi connectivity index (χ1n) is 10.9. The Morgan fingerprint density at radius 1 is 1.10 bits per heavy atom. The third kappa shape index (κ3) is 3.19. The quantitative estimate of drug-likeness (QED) is 0.586. The number of rotatable bonds is 5. The van der Waals surface area contributed by atoms with Gasteiger partial charge in [0, 0.05) is 28.7 Å². The van der Waals surface area contributed by atoms with Gasteiger partial charge in [0.15, 0.2) is 5.82 Å². The molecule has 4 heterocycles. The molecule has 2 aliphatic heterocycles. The summed E-state index contributed by atoms with van der Waals surface area (Å²) in [6.45, 7) is 0.998. The highest BCUT2D eigenvalue weighted by atomic mass is 19.1. The summed E-state index contributed by atoms with van der Waals surface area (Å²) >= 11 is 0. The van der Waals surface area contributed by atoms with E-state index in [4.69, 9.17) is 9.47 Å². The van der Waals surface area contributed by atoms with Crippen LogP contribution < -0.4 is 0 Å². The average molecular weight is 424 g/mol. The van der Waals surface area contributed by atoms with E-state index in [1.54, 1.807) is 0 Å². The third-order valence-corrected chi connectivity index (χ3v) is 7.15. The average Bonchev–Trinajstić information content (AvgIpc) is 3.12. The number of aromatic amines is 1. The number of nitrogens with zero attached hydrogens (tertiary/aromatic N) is 1. The number of H-pyrrole nitrogens is 1. The molecule has 31 heavy (non-hydrogen) atoms. The van der Waals surface area contributed by atoms with Crippen LogP contribution in [0.3, 0.4) is 0 Å². The van der Waals surface area contributed by atoms with Crippen molar-refractivity contribution < 1.29 is 24.1 Å². The van der Waals surface area contributed by atoms with Crippen LogP contribution in [0.4, 0.5) is 4.39 Å². The maximum Gasteiger partial charge on any atom is 0.151 e. The van der Waals surface area contributed by atoms with Gasteiger partial charge in [0.2, 0.25) is 0 Å². The molecule has 0 radical (unpaired) electrons. The lowest BCUT2D eigenvalue weighted by Gasteiger charge is -2.14. The van der Waals surface area contributed by atoms with Crippen molar-refractivity contribution in [3.8, 4) is 11.3 Å². The highest BCUT2D eigenvalue weighted by Crippen LogP contribution is 2.47. The van der Waals surface area contributed by atoms with Crippen LogP contribution in [0.1, 0.15) is 24.1 Å². The van der Waals surface area contributed by atoms with Crippen LogP contribution in [-0.2, 0) is 21.3 Å². The van der Waals surface area contributed by atoms with Crippen LogP contribution in [0.2, 0.25) is 0 Å². The Hall–Kier alpha value is -2.32. The number of hydrogen-bond acceptors (Lipinski definition) is 5. The van der Waals surface area contributed by atoms with E-state index in [0.717, 1.165) is 29.7 Å². The largest absolute Gasteiger partial charge is 0.395 e. The van der Waals surface area contributed by atoms with Crippen LogP contribution in [0, 0.1) is 11.7 Å². The van der Waals surface area contributed by atoms with Gasteiger partial charge >= 0.3 is 0 Å². The second kappa shape index (κ2) is 7.10. The van der Waals surface area contributed by atoms with Crippen molar-refractivity contribution in [2.75, 3.05) is 19.8 Å². The molecule has 1 aromatic carbocycles. The lowest BCUT2D eigenvalue weighted by atomic mass is 9.95. The van der Waals surface area contributed by atoms with Crippen LogP contribution in [0.25, 0.3) is 22.3 Å². The lowest BCUT2D eigenvalue weighted by Crippen LogP contribution is -2.29. The smallest absolute Gasteiger partial charge is 0.151 e. The zero-order valence-corrected chi connectivity index (χ0v) is 17.1. The molecule has 0 unspecified atom stereocenters. The molecule has 7 heteroatoms. The molecule has 1 saturated carbocycles. The van der Waals surface area contributed by atoms with E-state index in [9.17, 15) is 14.6 Å². The van der Waals surface area contributed by atoms with Crippen molar-refractivity contribution in [1.29, 1.82) is 0 Å². The molecule has 162 valence electrons. The first-order valence-corrected chi connectivity index (χ1v) is 10.9. The van der Waals surface area contributed by atoms with E-state index < -0.39 is 6.10 Å². The third-order valence-electron chi connectivity index (χ3n) is 7.15. The first-order chi connectivity index (χ1) is 15.1. The highest BCUT2D eigenvalue weighted by molar-refractivity contribution is 5.80. The number of ether oxygens (including phenoxy) is 2. The number of aliphatic hydroxyl groups excluding tert-OH is 2. The predicted molar refractivity (Wildman–Crippen MR) is 112 cm³/mol. The van der Waals surface area contributed by atoms with Crippen LogP contribution in [0.15, 0.2) is 36.4 Å². The minimum absolute atomic E-state index is 0.103. The Bertz CT molecular complexity index is 1120. The van der Waals surface area contributed by atoms with Gasteiger partial charge in [-0.2, -0.15) is 0 Å². The number of aliphatic hydroxyl groups is 2. The molecule has 3 aliphatic rings. The van der Waals surface area contributed by atoms with Gasteiger partial charge < -0.3 is 24.7 Å². The normalized spacial score (nSPS) is 28.9. The number of benzene rings is 1. The van der Waals surface area contributed by atoms with E-state index in [0.29, 0.717) is 36.4 Å². The van der Waals surface area contributed by atoms with Gasteiger partial charge in [-0.3, -0.25) is 0 Å². The number of halogens is 1. The van der Waals surface area contributed by atoms with Gasteiger partial charge in [0.05, 0.1) is 37.0 Å². The van der Waals surface area contributed by atoms with E-state index >= 15 is 0 Å². The Balaban J connectivity index is 1.26. The molecule has 3 N–H and O–H groups in total. The molecule has 3 aromatic rings. The van der Waals surface area contributed by atoms with E-state index in [1.165, 1.54) is 6.07 Å². The topological polar surface area (TPSA) is 87.6 Å². The van der Waals surface area contributed by atoms with Crippen LogP contribution >= 0.6 is 0 Å². The summed E-state index contributed by atoms with van der Waals surface area (Å²) in [5, 5.41) is 19.5. The molecule has 3 fully saturated rings. The maximum absolute atomic E-state index is 14.9. The minimum Gasteiger partial charge on any atom is -0.395 e. The van der Waals surface area contributed by atoms with Gasteiger partial charge in [0.1, 0.15) is 17.9 Å². The SMILES string of the molecule is OCC1(c2ccc(-c3nc4cc(C[C@H]5CO[C@H]6[C@@H]5OC[C@H]6O)[nH]c4cc3F)cc2)CC1. The summed E-state index contributed by atoms with van der Waals surface area (Å²) in [6.07, 6.45) is 1.76. The van der Waals surface area contributed by atoms with Crippen molar-refractivity contribution in [1.82, 2.24) is 9.97 Å². The monoisotopic (exact) mass is 424 g/mol. The second-order valence-corrected chi connectivity index (χ2v) is 9.19. The Morgan fingerprint density at radius 3 is 2.61 bits per heavy atom. The fourth-order valence-electron chi connectivity index (χ4n) is 5.09. The fourth-order valence-corrected chi connectivity index (χ4v) is 5.09. The highest BCUT2D eigenvalue weighted by Gasteiger charge is 2.47. The molecule has 2 aromatic heterocycles. The molecular formula is C24H25FN2O4. The molecular weight excluding hydrogens is 399 g/mol. The zero-order valence-electron chi connectivity index (χ0n) is 17.1. The predicted octanol–water partition coefficient (Wildman–Crippen LogP) is 2.71. The van der Waals surface area contributed by atoms with Gasteiger partial charge in [0.25, 0.3) is 0 Å². The summed E-state index contributed by atoms with van der Waals surface area (Å²) in [7, 11) is 0. The summed E-state index contributed by atoms with van der Waals surface area (Å²) in [5.41, 5.74) is 4.37. The van der Waals surface area contributed by atoms with Gasteiger partial charge in [-0.1, -0.05) is 24.3 Å². The van der Waals surface area contributed by atoms with Gasteiger partial charge in [-0.05, 0) is 30.9 Å². The number of fused-ring (bicyclic) bond motifs is 2. The Kier molecular flexibility index (Phi) is 4.44. The van der Waals surface area contributed by atoms with Crippen LogP contribution in [-0.4, -0.2) is 58.3 Å². The molecule has 1 aliphatic carbocycles. The van der Waals surface area contributed by atoms with Crippen molar-refractivity contribution in [2.24, 2.45) is 5.92 Å². The minimum atomic E-state index is -0.561. The summed E-state index contributed by atoms with van der Waals surface area (Å²) in [6, 6.07) is 11.2. The Labute approximate surface area is 179 Å². The van der Waals surface area contributed by atoms with Crippen LogP contribution in [0.5, 0.6) is 0 Å². The Morgan fingerprint density at radius 2 is 1.87 bits per heavy atom. The van der Waals surface area contributed by atoms with E-state index in [2.05, 4.69) is 9.97 Å². The fraction of sp³-hybridized carbons (Fsp3) is 0.458. The second-order valence-electron chi connectivity index (χ2n) is 9.19. The summed E-state index contributed by atoms with van der Waals surface area (Å²) < 4.78 is 26.3. The molecule has 6 rings (SSSR count). The number of hydrogen-bond donors (Lipinski definition) is 3. The lowest BCUT2D eigenvalue weighted by molar-refractivity contribution is 0.0169. The molecule has 2 saturated heterocycles. The molecule has 0 bridgehead atoms. The number of aromatic nitrogens is 2. The molecule has 0 spiro atoms. The standard InChI is InChI=1S/C24H25FN2O4/c25-17-9-19-18(8-16(26-19)7-14-10-30-23-20(29)11-31-22(14)23)27-21(17)13-1-3-15(4-2-13)24(12-28)5-6-24/h1-4,8-9,14,20,22-23,26,28-29H,5-7,10-12H2/t14-,20+,22+,23+/m0/s1. The molecule has 0 amide bonds. The summed E-state index contributed by atoms with van der Waals surface area (Å²) in [4.78, 5) is 7.86. The number of pyridine rings is 1. The van der Waals surface area contributed by atoms with Crippen molar-refractivity contribution in [3.63, 3.8) is 0 Å². The van der Waals surface area contributed by atoms with Gasteiger partial charge in [-0.25, -0.2) is 9.37 Å². The molecule has 4 atom stereocenters. The first kappa shape index (κ1) is 19.4. The van der Waals surface area contributed by atoms with Crippen molar-refractivity contribution in [2.45, 2.75) is 43.0 Å². The van der Waals surface area contributed by atoms with Crippen molar-refractivity contribution >= 4 is 11.0 Å². The van der Waals surface area contributed by atoms with E-state index in [-0.39, 0.29) is 36.0 Å². The zero-order chi connectivity index (χ0) is 21.2. The van der Waals surface area contributed by atoms with Crippen molar-refractivity contribution in [3.05, 3.63) is 53.5 Å². The van der Waals surface area contributed by atoms with E-state index in [1.807, 2.05) is 30.3 Å². The summed E-state index contributed by atoms with van der Waals surface area (Å²) in [5.74, 6) is -0.225.